The Labute approximate surface area is 126 Å². The number of anilines is 1. The Morgan fingerprint density at radius 2 is 1.71 bits per heavy atom. The molecule has 0 aliphatic carbocycles. The van der Waals surface area contributed by atoms with Crippen molar-refractivity contribution in [3.8, 4) is 0 Å². The molecule has 1 saturated heterocycles. The van der Waals surface area contributed by atoms with E-state index in [9.17, 15) is 4.79 Å². The molecule has 1 aliphatic rings. The average molecular weight is 297 g/mol. The summed E-state index contributed by atoms with van der Waals surface area (Å²) in [4.78, 5) is 15.2. The van der Waals surface area contributed by atoms with Crippen LogP contribution in [0.25, 0.3) is 20.2 Å². The van der Waals surface area contributed by atoms with Crippen LogP contribution in [-0.2, 0) is 4.74 Å². The molecule has 0 saturated carbocycles. The minimum absolute atomic E-state index is 0.140. The summed E-state index contributed by atoms with van der Waals surface area (Å²) >= 11 is 1.69. The lowest BCUT2D eigenvalue weighted by Gasteiger charge is -2.29. The molecule has 0 N–H and O–H groups in total. The van der Waals surface area contributed by atoms with E-state index in [0.29, 0.717) is 0 Å². The predicted octanol–water partition coefficient (Wildman–Crippen LogP) is 3.25. The van der Waals surface area contributed by atoms with Crippen LogP contribution in [0.5, 0.6) is 0 Å². The smallest absolute Gasteiger partial charge is 0.197 e. The Morgan fingerprint density at radius 3 is 2.57 bits per heavy atom. The molecule has 1 aromatic heterocycles. The first kappa shape index (κ1) is 12.8. The highest BCUT2D eigenvalue weighted by Gasteiger charge is 2.16. The van der Waals surface area contributed by atoms with Crippen LogP contribution in [0.3, 0.4) is 0 Å². The van der Waals surface area contributed by atoms with Gasteiger partial charge in [-0.1, -0.05) is 18.2 Å². The topological polar surface area (TPSA) is 29.5 Å². The number of benzene rings is 2. The number of fused-ring (bicyclic) bond motifs is 2. The third-order valence-electron chi connectivity index (χ3n) is 3.93. The molecule has 0 bridgehead atoms. The molecule has 3 aromatic rings. The van der Waals surface area contributed by atoms with Crippen molar-refractivity contribution in [1.29, 1.82) is 0 Å². The first-order valence-corrected chi connectivity index (χ1v) is 7.93. The summed E-state index contributed by atoms with van der Waals surface area (Å²) in [7, 11) is 0. The molecule has 1 fully saturated rings. The standard InChI is InChI=1S/C17H15NO2S/c19-17-12-4-1-2-6-14(12)21-15-7-3-5-13(16(15)17)18-8-10-20-11-9-18/h1-7H,8-11H2. The van der Waals surface area contributed by atoms with Gasteiger partial charge in [0, 0.05) is 33.6 Å². The van der Waals surface area contributed by atoms with E-state index in [1.54, 1.807) is 11.3 Å². The number of hydrogen-bond donors (Lipinski definition) is 0. The molecule has 2 heterocycles. The minimum atomic E-state index is 0.140. The largest absolute Gasteiger partial charge is 0.378 e. The van der Waals surface area contributed by atoms with Gasteiger partial charge >= 0.3 is 0 Å². The average Bonchev–Trinajstić information content (AvgIpc) is 2.55. The van der Waals surface area contributed by atoms with E-state index in [1.807, 2.05) is 36.4 Å². The fraction of sp³-hybridized carbons (Fsp3) is 0.235. The van der Waals surface area contributed by atoms with Gasteiger partial charge in [-0.05, 0) is 24.3 Å². The second-order valence-corrected chi connectivity index (χ2v) is 6.26. The first-order valence-electron chi connectivity index (χ1n) is 7.12. The zero-order valence-corrected chi connectivity index (χ0v) is 12.4. The first-order chi connectivity index (χ1) is 10.3. The van der Waals surface area contributed by atoms with Crippen molar-refractivity contribution in [2.24, 2.45) is 0 Å². The normalized spacial score (nSPS) is 15.7. The Balaban J connectivity index is 2.03. The SMILES string of the molecule is O=c1c2ccccc2sc2cccc(N3CCOCC3)c12. The van der Waals surface area contributed by atoms with Gasteiger partial charge in [0.2, 0.25) is 0 Å². The van der Waals surface area contributed by atoms with Crippen LogP contribution in [0.4, 0.5) is 5.69 Å². The van der Waals surface area contributed by atoms with Gasteiger partial charge in [0.15, 0.2) is 5.43 Å². The van der Waals surface area contributed by atoms with E-state index in [-0.39, 0.29) is 5.43 Å². The second kappa shape index (κ2) is 5.13. The summed E-state index contributed by atoms with van der Waals surface area (Å²) < 4.78 is 7.52. The fourth-order valence-electron chi connectivity index (χ4n) is 2.90. The molecule has 0 radical (unpaired) electrons. The van der Waals surface area contributed by atoms with Crippen LogP contribution in [0.1, 0.15) is 0 Å². The van der Waals surface area contributed by atoms with E-state index in [0.717, 1.165) is 52.2 Å². The summed E-state index contributed by atoms with van der Waals surface area (Å²) in [5, 5.41) is 1.67. The lowest BCUT2D eigenvalue weighted by Crippen LogP contribution is -2.36. The molecule has 1 aliphatic heterocycles. The van der Waals surface area contributed by atoms with Gasteiger partial charge in [0.05, 0.1) is 18.6 Å². The van der Waals surface area contributed by atoms with Crippen LogP contribution in [0.15, 0.2) is 47.3 Å². The lowest BCUT2D eigenvalue weighted by molar-refractivity contribution is 0.123. The molecule has 0 spiro atoms. The molecule has 21 heavy (non-hydrogen) atoms. The van der Waals surface area contributed by atoms with E-state index in [1.165, 1.54) is 0 Å². The summed E-state index contributed by atoms with van der Waals surface area (Å²) in [5.74, 6) is 0. The molecule has 106 valence electrons. The van der Waals surface area contributed by atoms with Crippen molar-refractivity contribution in [1.82, 2.24) is 0 Å². The zero-order valence-electron chi connectivity index (χ0n) is 11.5. The minimum Gasteiger partial charge on any atom is -0.378 e. The van der Waals surface area contributed by atoms with Crippen molar-refractivity contribution in [3.63, 3.8) is 0 Å². The van der Waals surface area contributed by atoms with Crippen molar-refractivity contribution in [3.05, 3.63) is 52.7 Å². The molecule has 4 heteroatoms. The maximum atomic E-state index is 12.9. The van der Waals surface area contributed by atoms with Crippen LogP contribution >= 0.6 is 11.3 Å². The summed E-state index contributed by atoms with van der Waals surface area (Å²) in [5.41, 5.74) is 1.18. The van der Waals surface area contributed by atoms with E-state index < -0.39 is 0 Å². The molecule has 3 nitrogen and oxygen atoms in total. The molecular weight excluding hydrogens is 282 g/mol. The van der Waals surface area contributed by atoms with Gasteiger partial charge in [-0.3, -0.25) is 4.79 Å². The zero-order chi connectivity index (χ0) is 14.2. The van der Waals surface area contributed by atoms with Crippen molar-refractivity contribution >= 4 is 37.2 Å². The molecule has 4 rings (SSSR count). The van der Waals surface area contributed by atoms with Gasteiger partial charge in [-0.15, -0.1) is 11.3 Å². The molecular formula is C17H15NO2S. The summed E-state index contributed by atoms with van der Waals surface area (Å²) in [6, 6.07) is 14.0. The summed E-state index contributed by atoms with van der Waals surface area (Å²) in [6.45, 7) is 3.13. The van der Waals surface area contributed by atoms with Crippen molar-refractivity contribution in [2.75, 3.05) is 31.2 Å². The lowest BCUT2D eigenvalue weighted by atomic mass is 10.1. The Kier molecular flexibility index (Phi) is 3.13. The van der Waals surface area contributed by atoms with Crippen molar-refractivity contribution < 1.29 is 4.74 Å². The Hall–Kier alpha value is -1.91. The van der Waals surface area contributed by atoms with Crippen molar-refractivity contribution in [2.45, 2.75) is 0 Å². The van der Waals surface area contributed by atoms with Gasteiger partial charge < -0.3 is 9.64 Å². The van der Waals surface area contributed by atoms with Crippen LogP contribution in [-0.4, -0.2) is 26.3 Å². The number of rotatable bonds is 1. The van der Waals surface area contributed by atoms with Gasteiger partial charge in [-0.2, -0.15) is 0 Å². The highest BCUT2D eigenvalue weighted by molar-refractivity contribution is 7.24. The van der Waals surface area contributed by atoms with Crippen LogP contribution in [0, 0.1) is 0 Å². The van der Waals surface area contributed by atoms with Gasteiger partial charge in [-0.25, -0.2) is 0 Å². The quantitative estimate of drug-likeness (QED) is 0.646. The second-order valence-electron chi connectivity index (χ2n) is 5.18. The fourth-order valence-corrected chi connectivity index (χ4v) is 4.00. The number of morpholine rings is 1. The highest BCUT2D eigenvalue weighted by Crippen LogP contribution is 2.31. The van der Waals surface area contributed by atoms with E-state index >= 15 is 0 Å². The highest BCUT2D eigenvalue weighted by atomic mass is 32.1. The van der Waals surface area contributed by atoms with E-state index in [2.05, 4.69) is 11.0 Å². The van der Waals surface area contributed by atoms with E-state index in [4.69, 9.17) is 4.74 Å². The number of ether oxygens (including phenoxy) is 1. The Bertz CT molecular complexity index is 865. The molecule has 0 atom stereocenters. The van der Waals surface area contributed by atoms with Crippen LogP contribution < -0.4 is 10.3 Å². The Morgan fingerprint density at radius 1 is 0.952 bits per heavy atom. The predicted molar refractivity (Wildman–Crippen MR) is 88.6 cm³/mol. The summed E-state index contributed by atoms with van der Waals surface area (Å²) in [6.07, 6.45) is 0. The third kappa shape index (κ3) is 2.11. The van der Waals surface area contributed by atoms with Crippen LogP contribution in [0.2, 0.25) is 0 Å². The van der Waals surface area contributed by atoms with Gasteiger partial charge in [0.25, 0.3) is 0 Å². The third-order valence-corrected chi connectivity index (χ3v) is 5.07. The maximum Gasteiger partial charge on any atom is 0.197 e. The molecule has 0 amide bonds. The number of nitrogens with zero attached hydrogens (tertiary/aromatic N) is 1. The maximum absolute atomic E-state index is 12.9. The van der Waals surface area contributed by atoms with Gasteiger partial charge in [0.1, 0.15) is 0 Å². The molecule has 0 unspecified atom stereocenters. The number of hydrogen-bond acceptors (Lipinski definition) is 4. The monoisotopic (exact) mass is 297 g/mol. The molecule has 2 aromatic carbocycles.